The molecule has 2 heterocycles. The van der Waals surface area contributed by atoms with Crippen LogP contribution in [0.2, 0.25) is 0 Å². The second-order valence-corrected chi connectivity index (χ2v) is 8.41. The molecule has 0 radical (unpaired) electrons. The zero-order valence-electron chi connectivity index (χ0n) is 13.1. The minimum atomic E-state index is -4.32. The van der Waals surface area contributed by atoms with E-state index >= 15 is 0 Å². The summed E-state index contributed by atoms with van der Waals surface area (Å²) >= 11 is 6.68. The molecule has 1 unspecified atom stereocenters. The summed E-state index contributed by atoms with van der Waals surface area (Å²) in [7, 11) is -4.16. The Bertz CT molecular complexity index is 772. The number of nitrogen functional groups attached to an aromatic ring is 1. The van der Waals surface area contributed by atoms with Gasteiger partial charge in [0.15, 0.2) is 15.8 Å². The number of aromatic nitrogens is 4. The van der Waals surface area contributed by atoms with Gasteiger partial charge in [0, 0.05) is 0 Å². The maximum atomic E-state index is 11.0. The number of imidazole rings is 1. The summed E-state index contributed by atoms with van der Waals surface area (Å²) in [4.78, 5) is 29.4. The number of alkyl halides is 5. The number of fused-ring (bicyclic) bond motifs is 1. The highest BCUT2D eigenvalue weighted by atomic mass is 79.9. The molecular weight excluding hydrogens is 469 g/mol. The molecule has 0 saturated heterocycles. The molecule has 26 heavy (non-hydrogen) atoms. The molecule has 148 valence electrons. The van der Waals surface area contributed by atoms with Gasteiger partial charge in [0.1, 0.15) is 18.2 Å². The van der Waals surface area contributed by atoms with Crippen LogP contribution in [-0.2, 0) is 15.8 Å². The summed E-state index contributed by atoms with van der Waals surface area (Å²) in [6, 6.07) is 0. The maximum absolute atomic E-state index is 11.0. The summed E-state index contributed by atoms with van der Waals surface area (Å²) in [6.07, 6.45) is -2.47. The van der Waals surface area contributed by atoms with Gasteiger partial charge in [-0.1, -0.05) is 15.9 Å². The molecular formula is C11H15BrClF3N5O4P. The van der Waals surface area contributed by atoms with Crippen LogP contribution in [0.3, 0.4) is 0 Å². The zero-order valence-corrected chi connectivity index (χ0v) is 16.4. The third kappa shape index (κ3) is 7.72. The van der Waals surface area contributed by atoms with Crippen LogP contribution in [0.5, 0.6) is 0 Å². The Morgan fingerprint density at radius 3 is 2.50 bits per heavy atom. The van der Waals surface area contributed by atoms with Gasteiger partial charge in [-0.15, -0.1) is 11.6 Å². The minimum absolute atomic E-state index is 0.285. The molecule has 0 aliphatic rings. The fourth-order valence-corrected chi connectivity index (χ4v) is 2.04. The van der Waals surface area contributed by atoms with Gasteiger partial charge in [-0.25, -0.2) is 15.0 Å². The molecule has 0 saturated carbocycles. The molecule has 2 rings (SSSR count). The van der Waals surface area contributed by atoms with Crippen molar-refractivity contribution in [2.24, 2.45) is 0 Å². The predicted molar refractivity (Wildman–Crippen MR) is 91.8 cm³/mol. The lowest BCUT2D eigenvalue weighted by Gasteiger charge is -2.14. The first-order valence-corrected chi connectivity index (χ1v) is 9.88. The van der Waals surface area contributed by atoms with Crippen LogP contribution in [0.25, 0.3) is 11.2 Å². The van der Waals surface area contributed by atoms with Gasteiger partial charge >= 0.3 is 13.8 Å². The average molecular weight is 485 g/mol. The molecule has 2 aromatic rings. The van der Waals surface area contributed by atoms with Crippen molar-refractivity contribution in [1.29, 1.82) is 0 Å². The molecule has 0 bridgehead atoms. The standard InChI is InChI=1S/C9H14N5O4P.C2HBrClF3/c1-6(18-5-19(15,16)17)2-14-4-13-7-8(10)11-3-12-9(7)14;3-1(4)2(5,6)7/h3-4,6H,2,5H2,1H3,(H2,10,11,12)(H2,15,16,17);1H/t6-;/m1./s1. The molecule has 0 aliphatic carbocycles. The highest BCUT2D eigenvalue weighted by Gasteiger charge is 2.35. The molecule has 0 spiro atoms. The van der Waals surface area contributed by atoms with Crippen LogP contribution in [0.4, 0.5) is 19.0 Å². The minimum Gasteiger partial charge on any atom is -0.382 e. The van der Waals surface area contributed by atoms with Crippen molar-refractivity contribution < 1.29 is 32.3 Å². The fourth-order valence-electron chi connectivity index (χ4n) is 1.59. The Labute approximate surface area is 159 Å². The van der Waals surface area contributed by atoms with Gasteiger partial charge in [0.05, 0.1) is 19.0 Å². The van der Waals surface area contributed by atoms with E-state index < -0.39 is 30.5 Å². The van der Waals surface area contributed by atoms with Crippen LogP contribution >= 0.6 is 35.1 Å². The van der Waals surface area contributed by atoms with Gasteiger partial charge in [0.25, 0.3) is 0 Å². The second kappa shape index (κ2) is 9.29. The van der Waals surface area contributed by atoms with Crippen molar-refractivity contribution in [2.75, 3.05) is 12.1 Å². The average Bonchev–Trinajstić information content (AvgIpc) is 2.89. The Balaban J connectivity index is 0.000000412. The van der Waals surface area contributed by atoms with Crippen molar-refractivity contribution in [3.63, 3.8) is 0 Å². The highest BCUT2D eigenvalue weighted by Crippen LogP contribution is 2.34. The molecule has 4 N–H and O–H groups in total. The van der Waals surface area contributed by atoms with E-state index in [0.717, 1.165) is 0 Å². The lowest BCUT2D eigenvalue weighted by Crippen LogP contribution is -2.17. The number of hydrogen-bond donors (Lipinski definition) is 3. The summed E-state index contributed by atoms with van der Waals surface area (Å²) in [5.41, 5.74) is 6.70. The number of hydrogen-bond acceptors (Lipinski definition) is 6. The van der Waals surface area contributed by atoms with E-state index in [9.17, 15) is 17.7 Å². The summed E-state index contributed by atoms with van der Waals surface area (Å²) in [6.45, 7) is 2.05. The van der Waals surface area contributed by atoms with E-state index in [0.29, 0.717) is 17.7 Å². The molecule has 9 nitrogen and oxygen atoms in total. The Kier molecular flexibility index (Phi) is 8.24. The van der Waals surface area contributed by atoms with Crippen LogP contribution in [0.15, 0.2) is 12.7 Å². The largest absolute Gasteiger partial charge is 0.414 e. The predicted octanol–water partition coefficient (Wildman–Crippen LogP) is 2.46. The lowest BCUT2D eigenvalue weighted by molar-refractivity contribution is -0.112. The number of anilines is 1. The molecule has 0 fully saturated rings. The van der Waals surface area contributed by atoms with E-state index in [2.05, 4.69) is 42.5 Å². The van der Waals surface area contributed by atoms with Crippen LogP contribution in [0.1, 0.15) is 6.92 Å². The van der Waals surface area contributed by atoms with E-state index in [-0.39, 0.29) is 5.82 Å². The molecule has 2 atom stereocenters. The number of ether oxygens (including phenoxy) is 1. The number of nitrogens with two attached hydrogens (primary N) is 1. The number of nitrogens with zero attached hydrogens (tertiary/aromatic N) is 4. The molecule has 0 amide bonds. The first kappa shape index (κ1) is 23.1. The summed E-state index contributed by atoms with van der Waals surface area (Å²) < 4.78 is 48.6. The van der Waals surface area contributed by atoms with Gasteiger partial charge < -0.3 is 24.8 Å². The van der Waals surface area contributed by atoms with Crippen molar-refractivity contribution >= 4 is 52.1 Å². The van der Waals surface area contributed by atoms with Crippen molar-refractivity contribution in [1.82, 2.24) is 19.5 Å². The second-order valence-electron chi connectivity index (χ2n) is 4.94. The quantitative estimate of drug-likeness (QED) is 0.435. The SMILES string of the molecule is C[C@H](Cn1cnc2c(N)ncnc21)OCP(=O)(O)O.FC(F)(F)C(Cl)Br. The lowest BCUT2D eigenvalue weighted by atomic mass is 10.4. The number of halogens is 5. The van der Waals surface area contributed by atoms with Crippen LogP contribution in [0, 0.1) is 0 Å². The first-order chi connectivity index (χ1) is 11.8. The smallest absolute Gasteiger partial charge is 0.382 e. The van der Waals surface area contributed by atoms with Crippen LogP contribution < -0.4 is 5.73 Å². The van der Waals surface area contributed by atoms with Crippen LogP contribution in [-0.4, -0.2) is 52.2 Å². The van der Waals surface area contributed by atoms with E-state index in [1.54, 1.807) is 11.5 Å². The summed E-state index contributed by atoms with van der Waals surface area (Å²) in [5, 5.41) is 0. The number of rotatable bonds is 5. The van der Waals surface area contributed by atoms with Crippen molar-refractivity contribution in [3.05, 3.63) is 12.7 Å². The molecule has 15 heteroatoms. The van der Waals surface area contributed by atoms with E-state index in [1.165, 1.54) is 12.7 Å². The first-order valence-electron chi connectivity index (χ1n) is 6.73. The monoisotopic (exact) mass is 483 g/mol. The fraction of sp³-hybridized carbons (Fsp3) is 0.545. The van der Waals surface area contributed by atoms with Crippen molar-refractivity contribution in [2.45, 2.75) is 30.0 Å². The normalized spacial score (nSPS) is 14.6. The topological polar surface area (TPSA) is 136 Å². The van der Waals surface area contributed by atoms with Gasteiger partial charge in [0.2, 0.25) is 0 Å². The van der Waals surface area contributed by atoms with Crippen molar-refractivity contribution in [3.8, 4) is 0 Å². The van der Waals surface area contributed by atoms with Gasteiger partial charge in [-0.3, -0.25) is 4.57 Å². The Morgan fingerprint density at radius 2 is 2.00 bits per heavy atom. The van der Waals surface area contributed by atoms with E-state index in [4.69, 9.17) is 20.3 Å². The summed E-state index contributed by atoms with van der Waals surface area (Å²) in [5.74, 6) is 0.285. The zero-order chi connectivity index (χ0) is 20.1. The molecule has 0 aliphatic heterocycles. The molecule has 2 aromatic heterocycles. The third-order valence-corrected chi connectivity index (χ3v) is 3.91. The van der Waals surface area contributed by atoms with Gasteiger partial charge in [-0.2, -0.15) is 13.2 Å². The van der Waals surface area contributed by atoms with E-state index in [1.807, 2.05) is 0 Å². The Hall–Kier alpha value is -0.980. The highest BCUT2D eigenvalue weighted by molar-refractivity contribution is 9.10. The maximum Gasteiger partial charge on any atom is 0.414 e. The third-order valence-electron chi connectivity index (χ3n) is 2.66. The Morgan fingerprint density at radius 1 is 1.42 bits per heavy atom. The van der Waals surface area contributed by atoms with Gasteiger partial charge in [-0.05, 0) is 6.92 Å². The molecule has 0 aromatic carbocycles.